The first-order valence-electron chi connectivity index (χ1n) is 8.96. The monoisotopic (exact) mass is 453 g/mol. The minimum atomic E-state index is -4.77. The summed E-state index contributed by atoms with van der Waals surface area (Å²) in [5.74, 6) is 0.0116. The van der Waals surface area contributed by atoms with Gasteiger partial charge in [-0.05, 0) is 59.3 Å². The van der Waals surface area contributed by atoms with Gasteiger partial charge in [0, 0.05) is 5.69 Å². The van der Waals surface area contributed by atoms with Crippen molar-refractivity contribution in [3.05, 3.63) is 54.1 Å². The number of methoxy groups -OCH3 is 1. The molecule has 0 radical (unpaired) electrons. The van der Waals surface area contributed by atoms with E-state index in [4.69, 9.17) is 4.74 Å². The van der Waals surface area contributed by atoms with Gasteiger partial charge in [0.25, 0.3) is 0 Å². The van der Waals surface area contributed by atoms with Crippen LogP contribution in [0.4, 0.5) is 18.9 Å². The van der Waals surface area contributed by atoms with Crippen molar-refractivity contribution in [2.24, 2.45) is 0 Å². The Balaban J connectivity index is 1.58. The zero-order valence-electron chi connectivity index (χ0n) is 16.5. The highest BCUT2D eigenvalue weighted by atomic mass is 32.2. The van der Waals surface area contributed by atoms with Crippen molar-refractivity contribution in [3.63, 3.8) is 0 Å². The zero-order chi connectivity index (χ0) is 22.4. The summed E-state index contributed by atoms with van der Waals surface area (Å²) in [5.41, 5.74) is 1.29. The lowest BCUT2D eigenvalue weighted by Crippen LogP contribution is -2.23. The number of benzene rings is 2. The third-order valence-electron chi connectivity index (χ3n) is 4.00. The van der Waals surface area contributed by atoms with Crippen LogP contribution in [0.5, 0.6) is 11.5 Å². The van der Waals surface area contributed by atoms with Crippen LogP contribution in [0.1, 0.15) is 12.5 Å². The van der Waals surface area contributed by atoms with E-state index >= 15 is 0 Å². The molecule has 2 aromatic carbocycles. The number of aromatic nitrogens is 4. The third-order valence-corrected chi connectivity index (χ3v) is 5.07. The van der Waals surface area contributed by atoms with Crippen molar-refractivity contribution in [2.45, 2.75) is 30.2 Å². The van der Waals surface area contributed by atoms with E-state index in [2.05, 4.69) is 25.6 Å². The van der Waals surface area contributed by atoms with Crippen molar-refractivity contribution in [1.29, 1.82) is 0 Å². The highest BCUT2D eigenvalue weighted by molar-refractivity contribution is 8.00. The number of ether oxygens (including phenoxy) is 2. The minimum absolute atomic E-state index is 0.338. The molecule has 164 valence electrons. The fraction of sp³-hybridized carbons (Fsp3) is 0.263. The molecule has 0 spiro atoms. The molecule has 8 nitrogen and oxygen atoms in total. The Hall–Kier alpha value is -3.28. The van der Waals surface area contributed by atoms with Crippen LogP contribution in [0.15, 0.2) is 53.7 Å². The number of amides is 1. The molecule has 1 atom stereocenters. The van der Waals surface area contributed by atoms with Gasteiger partial charge in [0.2, 0.25) is 11.1 Å². The number of carbonyl (C=O) groups excluding carboxylic acids is 1. The predicted molar refractivity (Wildman–Crippen MR) is 107 cm³/mol. The van der Waals surface area contributed by atoms with Crippen molar-refractivity contribution in [2.75, 3.05) is 12.4 Å². The van der Waals surface area contributed by atoms with Crippen LogP contribution < -0.4 is 14.8 Å². The molecule has 1 heterocycles. The molecule has 0 bridgehead atoms. The average Bonchev–Trinajstić information content (AvgIpc) is 3.15. The summed E-state index contributed by atoms with van der Waals surface area (Å²) in [6.07, 6.45) is -4.77. The quantitative estimate of drug-likeness (QED) is 0.520. The van der Waals surface area contributed by atoms with Crippen molar-refractivity contribution in [3.8, 4) is 11.5 Å². The van der Waals surface area contributed by atoms with Gasteiger partial charge in [0.1, 0.15) is 11.5 Å². The molecule has 1 N–H and O–H groups in total. The summed E-state index contributed by atoms with van der Waals surface area (Å²) < 4.78 is 47.2. The molecule has 0 saturated heterocycles. The van der Waals surface area contributed by atoms with Gasteiger partial charge in [0.05, 0.1) is 18.9 Å². The number of nitrogens with zero attached hydrogens (tertiary/aromatic N) is 4. The Morgan fingerprint density at radius 1 is 1.13 bits per heavy atom. The lowest BCUT2D eigenvalue weighted by molar-refractivity contribution is -0.274. The van der Waals surface area contributed by atoms with Crippen molar-refractivity contribution < 1.29 is 27.4 Å². The van der Waals surface area contributed by atoms with Gasteiger partial charge < -0.3 is 14.8 Å². The Kier molecular flexibility index (Phi) is 7.00. The molecular weight excluding hydrogens is 435 g/mol. The molecule has 0 aliphatic carbocycles. The number of nitrogens with one attached hydrogen (secondary N) is 1. The highest BCUT2D eigenvalue weighted by Gasteiger charge is 2.31. The molecular formula is C19H18F3N5O3S. The molecule has 31 heavy (non-hydrogen) atoms. The topological polar surface area (TPSA) is 91.2 Å². The Morgan fingerprint density at radius 3 is 2.39 bits per heavy atom. The first-order valence-corrected chi connectivity index (χ1v) is 9.84. The zero-order valence-corrected chi connectivity index (χ0v) is 17.3. The van der Waals surface area contributed by atoms with Gasteiger partial charge >= 0.3 is 6.36 Å². The number of anilines is 1. The number of halogens is 3. The number of alkyl halides is 3. The van der Waals surface area contributed by atoms with E-state index in [1.54, 1.807) is 18.7 Å². The van der Waals surface area contributed by atoms with Gasteiger partial charge in [-0.2, -0.15) is 0 Å². The van der Waals surface area contributed by atoms with Crippen LogP contribution in [0.2, 0.25) is 0 Å². The summed E-state index contributed by atoms with van der Waals surface area (Å²) in [6, 6.07) is 12.3. The maximum absolute atomic E-state index is 12.5. The molecule has 0 aliphatic heterocycles. The van der Waals surface area contributed by atoms with Gasteiger partial charge in [-0.1, -0.05) is 23.9 Å². The fourth-order valence-corrected chi connectivity index (χ4v) is 3.27. The van der Waals surface area contributed by atoms with E-state index < -0.39 is 11.6 Å². The van der Waals surface area contributed by atoms with Crippen LogP contribution in [0.25, 0.3) is 0 Å². The van der Waals surface area contributed by atoms with E-state index in [-0.39, 0.29) is 11.7 Å². The number of carbonyl (C=O) groups is 1. The number of thioether (sulfide) groups is 1. The molecule has 12 heteroatoms. The van der Waals surface area contributed by atoms with Crippen LogP contribution in [-0.4, -0.2) is 44.8 Å². The number of hydrogen-bond donors (Lipinski definition) is 1. The molecule has 0 aliphatic rings. The van der Waals surface area contributed by atoms with Crippen LogP contribution in [0, 0.1) is 0 Å². The second-order valence-electron chi connectivity index (χ2n) is 6.29. The lowest BCUT2D eigenvalue weighted by Gasteiger charge is -2.13. The van der Waals surface area contributed by atoms with Crippen molar-refractivity contribution >= 4 is 23.4 Å². The molecule has 1 amide bonds. The maximum Gasteiger partial charge on any atom is 0.573 e. The van der Waals surface area contributed by atoms with E-state index in [1.807, 2.05) is 24.3 Å². The molecule has 3 rings (SSSR count). The first kappa shape index (κ1) is 22.4. The Bertz CT molecular complexity index is 1010. The second kappa shape index (κ2) is 9.69. The van der Waals surface area contributed by atoms with E-state index in [0.29, 0.717) is 17.4 Å². The molecule has 1 aromatic heterocycles. The highest BCUT2D eigenvalue weighted by Crippen LogP contribution is 2.25. The van der Waals surface area contributed by atoms with Gasteiger partial charge in [0.15, 0.2) is 0 Å². The predicted octanol–water partition coefficient (Wildman–Crippen LogP) is 3.75. The largest absolute Gasteiger partial charge is 0.573 e. The standard InChI is InChI=1S/C19H18F3N5O3S/c1-12(17(28)23-14-5-9-16(10-6-14)30-19(20,21)22)31-18-24-25-26-27(18)11-13-3-7-15(29-2)8-4-13/h3-10,12H,11H2,1-2H3,(H,23,28)/t12-/m1/s1. The van der Waals surface area contributed by atoms with Crippen molar-refractivity contribution in [1.82, 2.24) is 20.2 Å². The summed E-state index contributed by atoms with van der Waals surface area (Å²) in [7, 11) is 1.59. The number of rotatable bonds is 8. The Labute approximate surface area is 179 Å². The first-order chi connectivity index (χ1) is 14.7. The van der Waals surface area contributed by atoms with E-state index in [9.17, 15) is 18.0 Å². The van der Waals surface area contributed by atoms with Gasteiger partial charge in [-0.3, -0.25) is 4.79 Å². The van der Waals surface area contributed by atoms with Gasteiger partial charge in [-0.25, -0.2) is 4.68 Å². The second-order valence-corrected chi connectivity index (χ2v) is 7.60. The molecule has 0 saturated carbocycles. The van der Waals surface area contributed by atoms with Crippen LogP contribution in [0.3, 0.4) is 0 Å². The fourth-order valence-electron chi connectivity index (χ4n) is 2.48. The SMILES string of the molecule is COc1ccc(Cn2nnnc2S[C@H](C)C(=O)Nc2ccc(OC(F)(F)F)cc2)cc1. The maximum atomic E-state index is 12.5. The molecule has 0 unspecified atom stereocenters. The summed E-state index contributed by atoms with van der Waals surface area (Å²) in [4.78, 5) is 12.5. The molecule has 3 aromatic rings. The molecule has 0 fully saturated rings. The summed E-state index contributed by atoms with van der Waals surface area (Å²) in [5, 5.41) is 14.1. The van der Waals surface area contributed by atoms with Crippen LogP contribution >= 0.6 is 11.8 Å². The lowest BCUT2D eigenvalue weighted by atomic mass is 10.2. The summed E-state index contributed by atoms with van der Waals surface area (Å²) >= 11 is 1.16. The average molecular weight is 453 g/mol. The Morgan fingerprint density at radius 2 is 1.77 bits per heavy atom. The minimum Gasteiger partial charge on any atom is -0.497 e. The normalized spacial score (nSPS) is 12.3. The number of tetrazole rings is 1. The summed E-state index contributed by atoms with van der Waals surface area (Å²) in [6.45, 7) is 2.09. The van der Waals surface area contributed by atoms with E-state index in [0.717, 1.165) is 35.2 Å². The van der Waals surface area contributed by atoms with E-state index in [1.165, 1.54) is 12.1 Å². The third kappa shape index (κ3) is 6.60. The smallest absolute Gasteiger partial charge is 0.497 e. The van der Waals surface area contributed by atoms with Gasteiger partial charge in [-0.15, -0.1) is 18.3 Å². The number of hydrogen-bond acceptors (Lipinski definition) is 7. The van der Waals surface area contributed by atoms with Crippen LogP contribution in [-0.2, 0) is 11.3 Å².